The molecule has 0 aliphatic heterocycles. The molecule has 1 aliphatic carbocycles. The normalized spacial score (nSPS) is 18.5. The van der Waals surface area contributed by atoms with Crippen LogP contribution < -0.4 is 0 Å². The molecule has 80 valence electrons. The van der Waals surface area contributed by atoms with Gasteiger partial charge in [-0.1, -0.05) is 49.1 Å². The molecule has 1 aromatic rings. The van der Waals surface area contributed by atoms with E-state index in [1.165, 1.54) is 43.2 Å². The first-order valence-corrected chi connectivity index (χ1v) is 5.94. The van der Waals surface area contributed by atoms with Gasteiger partial charge in [-0.3, -0.25) is 4.99 Å². The van der Waals surface area contributed by atoms with Crippen LogP contribution in [0.1, 0.15) is 43.2 Å². The van der Waals surface area contributed by atoms with Gasteiger partial charge >= 0.3 is 0 Å². The van der Waals surface area contributed by atoms with Crippen LogP contribution in [0.4, 0.5) is 0 Å². The molecule has 0 unspecified atom stereocenters. The molecular formula is C14H19N. The number of aliphatic imine (C=N–C) groups is 1. The number of hydrogen-bond acceptors (Lipinski definition) is 1. The quantitative estimate of drug-likeness (QED) is 0.646. The molecule has 0 amide bonds. The number of aryl methyl sites for hydroxylation is 1. The summed E-state index contributed by atoms with van der Waals surface area (Å²) in [5.41, 5.74) is 2.54. The van der Waals surface area contributed by atoms with Crippen LogP contribution in [0.2, 0.25) is 0 Å². The molecule has 2 rings (SSSR count). The van der Waals surface area contributed by atoms with E-state index in [4.69, 9.17) is 0 Å². The molecule has 1 aliphatic rings. The maximum atomic E-state index is 4.67. The molecule has 1 saturated carbocycles. The van der Waals surface area contributed by atoms with Crippen molar-refractivity contribution in [2.45, 2.75) is 45.1 Å². The van der Waals surface area contributed by atoms with E-state index in [0.717, 1.165) is 0 Å². The van der Waals surface area contributed by atoms with Crippen molar-refractivity contribution < 1.29 is 0 Å². The molecular weight excluding hydrogens is 182 g/mol. The predicted molar refractivity (Wildman–Crippen MR) is 65.6 cm³/mol. The average molecular weight is 201 g/mol. The summed E-state index contributed by atoms with van der Waals surface area (Å²) in [4.78, 5) is 4.67. The van der Waals surface area contributed by atoms with Crippen LogP contribution in [-0.2, 0) is 0 Å². The largest absolute Gasteiger partial charge is 0.289 e. The van der Waals surface area contributed by atoms with Gasteiger partial charge in [-0.2, -0.15) is 0 Å². The van der Waals surface area contributed by atoms with Gasteiger partial charge in [-0.15, -0.1) is 0 Å². The number of rotatable bonds is 2. The smallest absolute Gasteiger partial charge is 0.0499 e. The lowest BCUT2D eigenvalue weighted by Gasteiger charge is -2.17. The van der Waals surface area contributed by atoms with Crippen molar-refractivity contribution in [2.75, 3.05) is 0 Å². The van der Waals surface area contributed by atoms with Crippen LogP contribution in [0, 0.1) is 6.92 Å². The molecule has 0 heterocycles. The second-order valence-corrected chi connectivity index (χ2v) is 4.48. The van der Waals surface area contributed by atoms with Crippen molar-refractivity contribution in [1.82, 2.24) is 0 Å². The Morgan fingerprint density at radius 3 is 2.73 bits per heavy atom. The fourth-order valence-corrected chi connectivity index (χ4v) is 2.17. The highest BCUT2D eigenvalue weighted by atomic mass is 14.8. The van der Waals surface area contributed by atoms with Gasteiger partial charge in [0.05, 0.1) is 0 Å². The lowest BCUT2D eigenvalue weighted by Crippen LogP contribution is -2.09. The van der Waals surface area contributed by atoms with Gasteiger partial charge in [0.15, 0.2) is 0 Å². The fourth-order valence-electron chi connectivity index (χ4n) is 2.17. The van der Waals surface area contributed by atoms with E-state index in [2.05, 4.69) is 36.2 Å². The van der Waals surface area contributed by atoms with Crippen molar-refractivity contribution in [3.8, 4) is 0 Å². The Hall–Kier alpha value is -1.11. The van der Waals surface area contributed by atoms with Gasteiger partial charge in [-0.25, -0.2) is 0 Å². The first-order valence-electron chi connectivity index (χ1n) is 5.94. The third kappa shape index (κ3) is 3.19. The molecule has 1 aromatic carbocycles. The maximum Gasteiger partial charge on any atom is 0.0499 e. The first-order chi connectivity index (χ1) is 7.34. The summed E-state index contributed by atoms with van der Waals surface area (Å²) in [5, 5.41) is 0. The van der Waals surface area contributed by atoms with Gasteiger partial charge < -0.3 is 0 Å². The molecule has 0 N–H and O–H groups in total. The van der Waals surface area contributed by atoms with Crippen molar-refractivity contribution >= 4 is 6.21 Å². The zero-order chi connectivity index (χ0) is 10.5. The third-order valence-electron chi connectivity index (χ3n) is 3.05. The van der Waals surface area contributed by atoms with Gasteiger partial charge in [0.1, 0.15) is 0 Å². The van der Waals surface area contributed by atoms with Gasteiger partial charge in [0.2, 0.25) is 0 Å². The highest BCUT2D eigenvalue weighted by Gasteiger charge is 2.10. The summed E-state index contributed by atoms with van der Waals surface area (Å²) in [6.45, 7) is 2.12. The summed E-state index contributed by atoms with van der Waals surface area (Å²) >= 11 is 0. The standard InChI is InChI=1S/C14H19N/c1-12-6-5-7-13(10-12)11-15-14-8-3-2-4-9-14/h5-7,10-11,14H,2-4,8-9H2,1H3/b15-11+. The summed E-state index contributed by atoms with van der Waals surface area (Å²) < 4.78 is 0. The zero-order valence-electron chi connectivity index (χ0n) is 9.45. The van der Waals surface area contributed by atoms with Crippen molar-refractivity contribution in [2.24, 2.45) is 4.99 Å². The van der Waals surface area contributed by atoms with Crippen molar-refractivity contribution in [3.05, 3.63) is 35.4 Å². The average Bonchev–Trinajstić information content (AvgIpc) is 2.28. The Labute approximate surface area is 92.2 Å². The first kappa shape index (κ1) is 10.4. The summed E-state index contributed by atoms with van der Waals surface area (Å²) in [7, 11) is 0. The van der Waals surface area contributed by atoms with Crippen LogP contribution in [0.5, 0.6) is 0 Å². The van der Waals surface area contributed by atoms with Crippen LogP contribution >= 0.6 is 0 Å². The molecule has 1 nitrogen and oxygen atoms in total. The Balaban J connectivity index is 1.97. The van der Waals surface area contributed by atoms with Gasteiger partial charge in [-0.05, 0) is 25.3 Å². The molecule has 0 aromatic heterocycles. The summed E-state index contributed by atoms with van der Waals surface area (Å²) in [6.07, 6.45) is 8.72. The monoisotopic (exact) mass is 201 g/mol. The second kappa shape index (κ2) is 5.11. The molecule has 0 radical (unpaired) electrons. The van der Waals surface area contributed by atoms with Crippen LogP contribution in [0.25, 0.3) is 0 Å². The highest BCUT2D eigenvalue weighted by Crippen LogP contribution is 2.20. The van der Waals surface area contributed by atoms with Crippen molar-refractivity contribution in [3.63, 3.8) is 0 Å². The van der Waals surface area contributed by atoms with E-state index in [1.54, 1.807) is 0 Å². The molecule has 15 heavy (non-hydrogen) atoms. The highest BCUT2D eigenvalue weighted by molar-refractivity contribution is 5.79. The lowest BCUT2D eigenvalue weighted by molar-refractivity contribution is 0.444. The second-order valence-electron chi connectivity index (χ2n) is 4.48. The Morgan fingerprint density at radius 2 is 2.00 bits per heavy atom. The molecule has 1 heteroatoms. The predicted octanol–water partition coefficient (Wildman–Crippen LogP) is 3.75. The summed E-state index contributed by atoms with van der Waals surface area (Å²) in [6, 6.07) is 9.11. The Bertz CT molecular complexity index is 335. The molecule has 0 atom stereocenters. The van der Waals surface area contributed by atoms with E-state index in [-0.39, 0.29) is 0 Å². The Kier molecular flexibility index (Phi) is 3.54. The van der Waals surface area contributed by atoms with Crippen LogP contribution in [0.15, 0.2) is 29.3 Å². The fraction of sp³-hybridized carbons (Fsp3) is 0.500. The zero-order valence-corrected chi connectivity index (χ0v) is 9.45. The van der Waals surface area contributed by atoms with Crippen LogP contribution in [0.3, 0.4) is 0 Å². The minimum Gasteiger partial charge on any atom is -0.289 e. The minimum atomic E-state index is 0.583. The van der Waals surface area contributed by atoms with Crippen molar-refractivity contribution in [1.29, 1.82) is 0 Å². The maximum absolute atomic E-state index is 4.67. The number of nitrogens with zero attached hydrogens (tertiary/aromatic N) is 1. The van der Waals surface area contributed by atoms with Gasteiger partial charge in [0, 0.05) is 12.3 Å². The topological polar surface area (TPSA) is 12.4 Å². The molecule has 1 fully saturated rings. The van der Waals surface area contributed by atoms with E-state index >= 15 is 0 Å². The van der Waals surface area contributed by atoms with E-state index in [0.29, 0.717) is 6.04 Å². The minimum absolute atomic E-state index is 0.583. The van der Waals surface area contributed by atoms with Crippen LogP contribution in [-0.4, -0.2) is 12.3 Å². The molecule has 0 spiro atoms. The number of benzene rings is 1. The number of hydrogen-bond donors (Lipinski definition) is 0. The summed E-state index contributed by atoms with van der Waals surface area (Å²) in [5.74, 6) is 0. The lowest BCUT2D eigenvalue weighted by atomic mass is 9.96. The third-order valence-corrected chi connectivity index (χ3v) is 3.05. The van der Waals surface area contributed by atoms with E-state index < -0.39 is 0 Å². The molecule has 0 saturated heterocycles. The van der Waals surface area contributed by atoms with E-state index in [1.807, 2.05) is 6.21 Å². The van der Waals surface area contributed by atoms with Gasteiger partial charge in [0.25, 0.3) is 0 Å². The molecule has 0 bridgehead atoms. The Morgan fingerprint density at radius 1 is 1.20 bits per heavy atom. The SMILES string of the molecule is Cc1cccc(/C=N/C2CCCCC2)c1. The van der Waals surface area contributed by atoms with E-state index in [9.17, 15) is 0 Å².